The second-order valence-electron chi connectivity index (χ2n) is 6.52. The first-order valence-electron chi connectivity index (χ1n) is 8.44. The van der Waals surface area contributed by atoms with Crippen LogP contribution in [-0.2, 0) is 11.2 Å². The third-order valence-corrected chi connectivity index (χ3v) is 4.44. The van der Waals surface area contributed by atoms with E-state index in [1.54, 1.807) is 12.1 Å². The molecule has 1 aromatic heterocycles. The van der Waals surface area contributed by atoms with Crippen molar-refractivity contribution in [1.82, 2.24) is 0 Å². The predicted octanol–water partition coefficient (Wildman–Crippen LogP) is 4.43. The normalized spacial score (nSPS) is 10.9. The van der Waals surface area contributed by atoms with Crippen molar-refractivity contribution in [3.8, 4) is 0 Å². The molecular weight excluding hydrogens is 333 g/mol. The van der Waals surface area contributed by atoms with Crippen LogP contribution in [0.4, 0.5) is 10.1 Å². The zero-order chi connectivity index (χ0) is 18.8. The number of rotatable bonds is 4. The van der Waals surface area contributed by atoms with Crippen LogP contribution in [0.2, 0.25) is 0 Å². The fourth-order valence-electron chi connectivity index (χ4n) is 2.98. The number of anilines is 1. The highest BCUT2D eigenvalue weighted by atomic mass is 19.1. The molecule has 1 amide bonds. The molecule has 5 heteroatoms. The molecule has 0 atom stereocenters. The lowest BCUT2D eigenvalue weighted by molar-refractivity contribution is -0.116. The SMILES string of the molecule is Cc1ccc(F)c(NC(=O)CCc2c(C)c3ccc(C)cc3oc2=O)c1. The summed E-state index contributed by atoms with van der Waals surface area (Å²) in [6.07, 6.45) is 0.299. The lowest BCUT2D eigenvalue weighted by atomic mass is 10.0. The molecule has 0 saturated heterocycles. The number of fused-ring (bicyclic) bond motifs is 1. The Morgan fingerprint density at radius 1 is 1.08 bits per heavy atom. The lowest BCUT2D eigenvalue weighted by Crippen LogP contribution is -2.17. The van der Waals surface area contributed by atoms with E-state index in [4.69, 9.17) is 4.42 Å². The molecule has 0 saturated carbocycles. The van der Waals surface area contributed by atoms with Crippen molar-refractivity contribution >= 4 is 22.6 Å². The van der Waals surface area contributed by atoms with Crippen LogP contribution in [0, 0.1) is 26.6 Å². The van der Waals surface area contributed by atoms with E-state index in [9.17, 15) is 14.0 Å². The molecule has 4 nitrogen and oxygen atoms in total. The highest BCUT2D eigenvalue weighted by molar-refractivity contribution is 5.91. The Morgan fingerprint density at radius 2 is 1.77 bits per heavy atom. The van der Waals surface area contributed by atoms with Gasteiger partial charge in [0.2, 0.25) is 5.91 Å². The molecule has 26 heavy (non-hydrogen) atoms. The minimum Gasteiger partial charge on any atom is -0.423 e. The maximum atomic E-state index is 13.7. The zero-order valence-corrected chi connectivity index (χ0v) is 15.0. The molecule has 0 aliphatic rings. The minimum absolute atomic E-state index is 0.0658. The van der Waals surface area contributed by atoms with Gasteiger partial charge in [-0.3, -0.25) is 4.79 Å². The number of benzene rings is 2. The number of hydrogen-bond acceptors (Lipinski definition) is 3. The molecule has 0 aliphatic carbocycles. The van der Waals surface area contributed by atoms with Gasteiger partial charge in [-0.15, -0.1) is 0 Å². The summed E-state index contributed by atoms with van der Waals surface area (Å²) in [4.78, 5) is 24.4. The van der Waals surface area contributed by atoms with Gasteiger partial charge in [0.25, 0.3) is 0 Å². The first kappa shape index (κ1) is 17.9. The molecule has 3 aromatic rings. The summed E-state index contributed by atoms with van der Waals surface area (Å²) in [5, 5.41) is 3.42. The molecule has 0 bridgehead atoms. The maximum Gasteiger partial charge on any atom is 0.339 e. The number of carbonyl (C=O) groups is 1. The summed E-state index contributed by atoms with van der Waals surface area (Å²) < 4.78 is 19.1. The van der Waals surface area contributed by atoms with Crippen molar-refractivity contribution in [2.45, 2.75) is 33.6 Å². The third-order valence-electron chi connectivity index (χ3n) is 4.44. The van der Waals surface area contributed by atoms with Crippen LogP contribution >= 0.6 is 0 Å². The van der Waals surface area contributed by atoms with Crippen molar-refractivity contribution in [3.63, 3.8) is 0 Å². The van der Waals surface area contributed by atoms with Gasteiger partial charge in [-0.1, -0.05) is 18.2 Å². The quantitative estimate of drug-likeness (QED) is 0.706. The van der Waals surface area contributed by atoms with Crippen LogP contribution in [0.25, 0.3) is 11.0 Å². The number of carbonyl (C=O) groups excluding carboxylic acids is 1. The summed E-state index contributed by atoms with van der Waals surface area (Å²) >= 11 is 0. The van der Waals surface area contributed by atoms with Gasteiger partial charge >= 0.3 is 5.63 Å². The number of amides is 1. The Hall–Kier alpha value is -2.95. The average molecular weight is 353 g/mol. The van der Waals surface area contributed by atoms with E-state index < -0.39 is 11.4 Å². The number of hydrogen-bond donors (Lipinski definition) is 1. The minimum atomic E-state index is -0.485. The third kappa shape index (κ3) is 3.67. The predicted molar refractivity (Wildman–Crippen MR) is 100 cm³/mol. The second kappa shape index (κ2) is 7.12. The largest absolute Gasteiger partial charge is 0.423 e. The number of nitrogens with one attached hydrogen (secondary N) is 1. The molecule has 134 valence electrons. The molecular formula is C21H20FNO3. The highest BCUT2D eigenvalue weighted by Gasteiger charge is 2.14. The summed E-state index contributed by atoms with van der Waals surface area (Å²) in [6.45, 7) is 5.60. The number of halogens is 1. The van der Waals surface area contributed by atoms with Crippen LogP contribution in [0.1, 0.15) is 28.7 Å². The van der Waals surface area contributed by atoms with Crippen molar-refractivity contribution in [3.05, 3.63) is 74.9 Å². The van der Waals surface area contributed by atoms with Crippen LogP contribution in [-0.4, -0.2) is 5.91 Å². The first-order valence-corrected chi connectivity index (χ1v) is 8.44. The van der Waals surface area contributed by atoms with E-state index in [2.05, 4.69) is 5.32 Å². The second-order valence-corrected chi connectivity index (χ2v) is 6.52. The summed E-state index contributed by atoms with van der Waals surface area (Å²) in [6, 6.07) is 10.2. The first-order chi connectivity index (χ1) is 12.3. The van der Waals surface area contributed by atoms with E-state index in [0.29, 0.717) is 11.1 Å². The molecule has 0 spiro atoms. The fourth-order valence-corrected chi connectivity index (χ4v) is 2.98. The Balaban J connectivity index is 1.79. The van der Waals surface area contributed by atoms with Gasteiger partial charge in [0, 0.05) is 17.4 Å². The Morgan fingerprint density at radius 3 is 2.54 bits per heavy atom. The molecule has 0 aliphatic heterocycles. The molecule has 0 radical (unpaired) electrons. The van der Waals surface area contributed by atoms with Crippen LogP contribution in [0.3, 0.4) is 0 Å². The molecule has 0 fully saturated rings. The summed E-state index contributed by atoms with van der Waals surface area (Å²) in [7, 11) is 0. The summed E-state index contributed by atoms with van der Waals surface area (Å²) in [5.74, 6) is -0.835. The van der Waals surface area contributed by atoms with E-state index in [1.807, 2.05) is 39.0 Å². The van der Waals surface area contributed by atoms with E-state index in [-0.39, 0.29) is 24.4 Å². The molecule has 3 rings (SSSR count). The Kier molecular flexibility index (Phi) is 4.89. The average Bonchev–Trinajstić information content (AvgIpc) is 2.57. The zero-order valence-electron chi connectivity index (χ0n) is 15.0. The smallest absolute Gasteiger partial charge is 0.339 e. The van der Waals surface area contributed by atoms with Crippen LogP contribution in [0.15, 0.2) is 45.6 Å². The van der Waals surface area contributed by atoms with Crippen LogP contribution in [0.5, 0.6) is 0 Å². The van der Waals surface area contributed by atoms with Crippen molar-refractivity contribution < 1.29 is 13.6 Å². The molecule has 0 unspecified atom stereocenters. The molecule has 1 N–H and O–H groups in total. The Labute approximate surface area is 150 Å². The van der Waals surface area contributed by atoms with Gasteiger partial charge < -0.3 is 9.73 Å². The van der Waals surface area contributed by atoms with Crippen molar-refractivity contribution in [2.24, 2.45) is 0 Å². The van der Waals surface area contributed by atoms with E-state index in [1.165, 1.54) is 6.07 Å². The summed E-state index contributed by atoms with van der Waals surface area (Å²) in [5.41, 5.74) is 3.40. The van der Waals surface area contributed by atoms with E-state index >= 15 is 0 Å². The Bertz CT molecular complexity index is 1050. The van der Waals surface area contributed by atoms with Crippen LogP contribution < -0.4 is 10.9 Å². The molecule has 2 aromatic carbocycles. The van der Waals surface area contributed by atoms with Crippen molar-refractivity contribution in [1.29, 1.82) is 0 Å². The van der Waals surface area contributed by atoms with Gasteiger partial charge in [-0.2, -0.15) is 0 Å². The lowest BCUT2D eigenvalue weighted by Gasteiger charge is -2.09. The van der Waals surface area contributed by atoms with Gasteiger partial charge in [0.1, 0.15) is 11.4 Å². The van der Waals surface area contributed by atoms with E-state index in [0.717, 1.165) is 22.1 Å². The highest BCUT2D eigenvalue weighted by Crippen LogP contribution is 2.22. The van der Waals surface area contributed by atoms with Gasteiger partial charge in [-0.05, 0) is 62.1 Å². The fraction of sp³-hybridized carbons (Fsp3) is 0.238. The van der Waals surface area contributed by atoms with Gasteiger partial charge in [0.15, 0.2) is 0 Å². The standard InChI is InChI=1S/C21H20FNO3/c1-12-5-8-17(22)18(10-12)23-20(24)9-7-16-14(3)15-6-4-13(2)11-19(15)26-21(16)25/h4-6,8,10-11H,7,9H2,1-3H3,(H,23,24). The number of aryl methyl sites for hydroxylation is 3. The maximum absolute atomic E-state index is 13.7. The van der Waals surface area contributed by atoms with Gasteiger partial charge in [-0.25, -0.2) is 9.18 Å². The topological polar surface area (TPSA) is 59.3 Å². The monoisotopic (exact) mass is 353 g/mol. The van der Waals surface area contributed by atoms with Gasteiger partial charge in [0.05, 0.1) is 5.69 Å². The molecule has 1 heterocycles. The van der Waals surface area contributed by atoms with Crippen molar-refractivity contribution in [2.75, 3.05) is 5.32 Å².